The summed E-state index contributed by atoms with van der Waals surface area (Å²) in [6, 6.07) is 1.89. The number of carbonyl (C=O) groups excluding carboxylic acids is 1. The Balaban J connectivity index is 3.27. The first kappa shape index (κ1) is 8.84. The van der Waals surface area contributed by atoms with Crippen LogP contribution >= 0.6 is 0 Å². The maximum absolute atomic E-state index is 10.6. The number of aromatic nitrogens is 1. The van der Waals surface area contributed by atoms with Crippen LogP contribution in [-0.4, -0.2) is 25.1 Å². The van der Waals surface area contributed by atoms with Crippen molar-refractivity contribution in [3.05, 3.63) is 23.0 Å². The highest BCUT2D eigenvalue weighted by molar-refractivity contribution is 5.77. The molecule has 66 valence electrons. The van der Waals surface area contributed by atoms with Gasteiger partial charge in [0.05, 0.1) is 0 Å². The van der Waals surface area contributed by atoms with Crippen LogP contribution in [0.5, 0.6) is 0 Å². The number of hydrogen-bond acceptors (Lipinski definition) is 2. The lowest BCUT2D eigenvalue weighted by atomic mass is 10.3. The molecule has 0 amide bonds. The summed E-state index contributed by atoms with van der Waals surface area (Å²) in [6.45, 7) is 3.93. The first-order chi connectivity index (χ1) is 5.57. The zero-order chi connectivity index (χ0) is 9.30. The van der Waals surface area contributed by atoms with E-state index < -0.39 is 0 Å². The lowest BCUT2D eigenvalue weighted by molar-refractivity contribution is 0.112. The maximum Gasteiger partial charge on any atom is 0.151 e. The SMILES string of the molecule is Cc1cc(C=O)c(C)n1N(C)C. The summed E-state index contributed by atoms with van der Waals surface area (Å²) in [4.78, 5) is 10.6. The first-order valence-corrected chi connectivity index (χ1v) is 3.89. The monoisotopic (exact) mass is 166 g/mol. The molecule has 1 heterocycles. The largest absolute Gasteiger partial charge is 0.319 e. The van der Waals surface area contributed by atoms with Gasteiger partial charge < -0.3 is 5.01 Å². The molecule has 0 saturated carbocycles. The van der Waals surface area contributed by atoms with Crippen molar-refractivity contribution in [3.63, 3.8) is 0 Å². The molecule has 1 rings (SSSR count). The maximum atomic E-state index is 10.6. The van der Waals surface area contributed by atoms with Gasteiger partial charge >= 0.3 is 0 Å². The van der Waals surface area contributed by atoms with Crippen LogP contribution in [0.2, 0.25) is 0 Å². The molecule has 0 spiro atoms. The second kappa shape index (κ2) is 3.01. The summed E-state index contributed by atoms with van der Waals surface area (Å²) >= 11 is 0. The molecule has 0 aromatic carbocycles. The quantitative estimate of drug-likeness (QED) is 0.615. The van der Waals surface area contributed by atoms with Crippen molar-refractivity contribution in [2.45, 2.75) is 13.8 Å². The molecule has 1 aromatic rings. The van der Waals surface area contributed by atoms with Crippen LogP contribution in [-0.2, 0) is 0 Å². The number of aryl methyl sites for hydroxylation is 1. The Kier molecular flexibility index (Phi) is 2.22. The summed E-state index contributed by atoms with van der Waals surface area (Å²) in [7, 11) is 3.91. The Labute approximate surface area is 72.6 Å². The van der Waals surface area contributed by atoms with Gasteiger partial charge in [-0.15, -0.1) is 0 Å². The van der Waals surface area contributed by atoms with Crippen LogP contribution in [0, 0.1) is 13.8 Å². The molecule has 0 aliphatic carbocycles. The Hall–Kier alpha value is -1.25. The molecule has 3 nitrogen and oxygen atoms in total. The Morgan fingerprint density at radius 3 is 2.25 bits per heavy atom. The minimum Gasteiger partial charge on any atom is -0.319 e. The van der Waals surface area contributed by atoms with Crippen LogP contribution in [0.25, 0.3) is 0 Å². The van der Waals surface area contributed by atoms with E-state index in [4.69, 9.17) is 0 Å². The second-order valence-electron chi connectivity index (χ2n) is 3.10. The number of aldehydes is 1. The minimum absolute atomic E-state index is 0.765. The molecule has 0 radical (unpaired) electrons. The van der Waals surface area contributed by atoms with Crippen molar-refractivity contribution in [2.75, 3.05) is 19.1 Å². The van der Waals surface area contributed by atoms with Gasteiger partial charge in [-0.25, -0.2) is 0 Å². The Morgan fingerprint density at radius 1 is 1.42 bits per heavy atom. The third-order valence-electron chi connectivity index (χ3n) is 1.96. The Morgan fingerprint density at radius 2 is 2.00 bits per heavy atom. The fraction of sp³-hybridized carbons (Fsp3) is 0.444. The van der Waals surface area contributed by atoms with Gasteiger partial charge in [0.1, 0.15) is 0 Å². The molecule has 0 bridgehead atoms. The average molecular weight is 166 g/mol. The van der Waals surface area contributed by atoms with Crippen molar-refractivity contribution in [2.24, 2.45) is 0 Å². The van der Waals surface area contributed by atoms with E-state index in [1.165, 1.54) is 0 Å². The Bertz CT molecular complexity index is 300. The molecular formula is C9H14N2O. The summed E-state index contributed by atoms with van der Waals surface area (Å²) in [5.41, 5.74) is 2.84. The normalized spacial score (nSPS) is 10.0. The number of hydrogen-bond donors (Lipinski definition) is 0. The third-order valence-corrected chi connectivity index (χ3v) is 1.96. The first-order valence-electron chi connectivity index (χ1n) is 3.89. The van der Waals surface area contributed by atoms with Crippen molar-refractivity contribution in [1.82, 2.24) is 4.68 Å². The van der Waals surface area contributed by atoms with Gasteiger partial charge in [0.2, 0.25) is 0 Å². The smallest absolute Gasteiger partial charge is 0.151 e. The highest BCUT2D eigenvalue weighted by atomic mass is 16.1. The van der Waals surface area contributed by atoms with E-state index in [9.17, 15) is 4.79 Å². The molecule has 3 heteroatoms. The lowest BCUT2D eigenvalue weighted by Gasteiger charge is -2.18. The van der Waals surface area contributed by atoms with Crippen molar-refractivity contribution in [1.29, 1.82) is 0 Å². The summed E-state index contributed by atoms with van der Waals surface area (Å²) in [6.07, 6.45) is 0.891. The average Bonchev–Trinajstić information content (AvgIpc) is 2.25. The number of nitrogens with zero attached hydrogens (tertiary/aromatic N) is 2. The van der Waals surface area contributed by atoms with Crippen molar-refractivity contribution in [3.8, 4) is 0 Å². The topological polar surface area (TPSA) is 25.2 Å². The van der Waals surface area contributed by atoms with E-state index in [2.05, 4.69) is 0 Å². The van der Waals surface area contributed by atoms with Crippen molar-refractivity contribution >= 4 is 6.29 Å². The van der Waals surface area contributed by atoms with Gasteiger partial charge in [-0.2, -0.15) is 0 Å². The molecule has 0 saturated heterocycles. The van der Waals surface area contributed by atoms with Crippen LogP contribution < -0.4 is 5.01 Å². The van der Waals surface area contributed by atoms with Gasteiger partial charge in [0, 0.05) is 31.0 Å². The van der Waals surface area contributed by atoms with Gasteiger partial charge in [0.25, 0.3) is 0 Å². The van der Waals surface area contributed by atoms with E-state index in [0.717, 1.165) is 23.2 Å². The summed E-state index contributed by atoms with van der Waals surface area (Å²) in [5.74, 6) is 0. The molecule has 0 aliphatic heterocycles. The summed E-state index contributed by atoms with van der Waals surface area (Å²) < 4.78 is 2.00. The number of carbonyl (C=O) groups is 1. The molecule has 1 aromatic heterocycles. The predicted molar refractivity (Wildman–Crippen MR) is 49.4 cm³/mol. The molecule has 0 aliphatic rings. The zero-order valence-corrected chi connectivity index (χ0v) is 7.96. The highest BCUT2D eigenvalue weighted by Gasteiger charge is 2.08. The van der Waals surface area contributed by atoms with E-state index in [0.29, 0.717) is 0 Å². The van der Waals surface area contributed by atoms with Crippen molar-refractivity contribution < 1.29 is 4.79 Å². The molecule has 12 heavy (non-hydrogen) atoms. The van der Waals surface area contributed by atoms with E-state index >= 15 is 0 Å². The van der Waals surface area contributed by atoms with E-state index in [1.54, 1.807) is 0 Å². The minimum atomic E-state index is 0.765. The van der Waals surface area contributed by atoms with Gasteiger partial charge in [-0.05, 0) is 19.9 Å². The predicted octanol–water partition coefficient (Wildman–Crippen LogP) is 1.12. The molecule has 0 fully saturated rings. The van der Waals surface area contributed by atoms with Gasteiger partial charge in [0.15, 0.2) is 6.29 Å². The standard InChI is InChI=1S/C9H14N2O/c1-7-5-9(6-12)8(2)11(7)10(3)4/h5-6H,1-4H3. The number of rotatable bonds is 2. The van der Waals surface area contributed by atoms with Gasteiger partial charge in [-0.1, -0.05) is 0 Å². The van der Waals surface area contributed by atoms with E-state index in [1.807, 2.05) is 43.7 Å². The fourth-order valence-electron chi connectivity index (χ4n) is 1.51. The van der Waals surface area contributed by atoms with Crippen LogP contribution in [0.15, 0.2) is 6.07 Å². The van der Waals surface area contributed by atoms with Crippen LogP contribution in [0.4, 0.5) is 0 Å². The highest BCUT2D eigenvalue weighted by Crippen LogP contribution is 2.11. The molecule has 0 N–H and O–H groups in total. The fourth-order valence-corrected chi connectivity index (χ4v) is 1.51. The molecular weight excluding hydrogens is 152 g/mol. The van der Waals surface area contributed by atoms with Crippen LogP contribution in [0.3, 0.4) is 0 Å². The second-order valence-corrected chi connectivity index (χ2v) is 3.10. The van der Waals surface area contributed by atoms with Gasteiger partial charge in [-0.3, -0.25) is 9.47 Å². The zero-order valence-electron chi connectivity index (χ0n) is 7.96. The molecule has 0 unspecified atom stereocenters. The van der Waals surface area contributed by atoms with Crippen LogP contribution in [0.1, 0.15) is 21.7 Å². The summed E-state index contributed by atoms with van der Waals surface area (Å²) in [5, 5.41) is 1.96. The lowest BCUT2D eigenvalue weighted by Crippen LogP contribution is -2.26. The third kappa shape index (κ3) is 1.22. The molecule has 0 atom stereocenters. The van der Waals surface area contributed by atoms with E-state index in [-0.39, 0.29) is 0 Å².